The van der Waals surface area contributed by atoms with Crippen molar-refractivity contribution in [1.82, 2.24) is 0 Å². The van der Waals surface area contributed by atoms with Gasteiger partial charge >= 0.3 is 5.97 Å². The largest absolute Gasteiger partial charge is 0.481 e. The summed E-state index contributed by atoms with van der Waals surface area (Å²) >= 11 is 0. The molecule has 58 valence electrons. The first-order valence-corrected chi connectivity index (χ1v) is 3.79. The second-order valence-electron chi connectivity index (χ2n) is 3.59. The Balaban J connectivity index is 2.45. The molecule has 2 nitrogen and oxygen atoms in total. The highest BCUT2D eigenvalue weighted by Gasteiger charge is 2.46. The van der Waals surface area contributed by atoms with Gasteiger partial charge in [-0.1, -0.05) is 13.8 Å². The van der Waals surface area contributed by atoms with E-state index in [9.17, 15) is 4.79 Å². The lowest BCUT2D eigenvalue weighted by atomic mass is 9.89. The predicted molar refractivity (Wildman–Crippen MR) is 38.8 cm³/mol. The van der Waals surface area contributed by atoms with Crippen molar-refractivity contribution in [3.05, 3.63) is 0 Å². The Morgan fingerprint density at radius 1 is 1.60 bits per heavy atom. The maximum atomic E-state index is 10.4. The normalized spacial score (nSPS) is 21.1. The fourth-order valence-electron chi connectivity index (χ4n) is 1.42. The first-order chi connectivity index (χ1) is 4.57. The fraction of sp³-hybridized carbons (Fsp3) is 0.875. The van der Waals surface area contributed by atoms with E-state index in [1.807, 2.05) is 0 Å². The van der Waals surface area contributed by atoms with Crippen LogP contribution in [0.1, 0.15) is 33.1 Å². The first kappa shape index (κ1) is 7.58. The molecule has 1 N–H and O–H groups in total. The molecule has 0 amide bonds. The van der Waals surface area contributed by atoms with Gasteiger partial charge in [0.15, 0.2) is 0 Å². The molecule has 1 aliphatic rings. The van der Waals surface area contributed by atoms with E-state index in [2.05, 4.69) is 13.8 Å². The minimum absolute atomic E-state index is 0.172. The van der Waals surface area contributed by atoms with E-state index in [-0.39, 0.29) is 5.41 Å². The zero-order chi connectivity index (χ0) is 7.78. The van der Waals surface area contributed by atoms with Crippen LogP contribution in [0.4, 0.5) is 0 Å². The Bertz CT molecular complexity index is 145. The Kier molecular flexibility index (Phi) is 1.71. The van der Waals surface area contributed by atoms with Gasteiger partial charge in [0.05, 0.1) is 6.42 Å². The van der Waals surface area contributed by atoms with E-state index in [4.69, 9.17) is 5.11 Å². The molecule has 0 unspecified atom stereocenters. The van der Waals surface area contributed by atoms with Crippen LogP contribution in [-0.4, -0.2) is 11.1 Å². The molecule has 0 heterocycles. The summed E-state index contributed by atoms with van der Waals surface area (Å²) in [5.74, 6) is -0.116. The zero-order valence-corrected chi connectivity index (χ0v) is 6.55. The minimum atomic E-state index is -0.647. The maximum absolute atomic E-state index is 10.4. The lowest BCUT2D eigenvalue weighted by molar-refractivity contribution is -0.138. The van der Waals surface area contributed by atoms with Gasteiger partial charge in [0.1, 0.15) is 0 Å². The fourth-order valence-corrected chi connectivity index (χ4v) is 1.42. The molecular formula is C8H14O2. The van der Waals surface area contributed by atoms with Gasteiger partial charge < -0.3 is 5.11 Å². The summed E-state index contributed by atoms with van der Waals surface area (Å²) in [4.78, 5) is 10.4. The Morgan fingerprint density at radius 2 is 2.10 bits per heavy atom. The molecular weight excluding hydrogens is 128 g/mol. The number of hydrogen-bond acceptors (Lipinski definition) is 1. The molecule has 0 aromatic rings. The number of carboxylic acid groups (broad SMARTS) is 1. The summed E-state index contributed by atoms with van der Waals surface area (Å²) in [6, 6.07) is 0. The van der Waals surface area contributed by atoms with E-state index in [1.54, 1.807) is 0 Å². The number of carboxylic acids is 1. The van der Waals surface area contributed by atoms with E-state index < -0.39 is 5.97 Å². The highest BCUT2D eigenvalue weighted by molar-refractivity contribution is 5.68. The molecule has 0 saturated heterocycles. The molecule has 0 atom stereocenters. The zero-order valence-electron chi connectivity index (χ0n) is 6.55. The second kappa shape index (κ2) is 2.26. The molecule has 0 aromatic carbocycles. The number of rotatable bonds is 3. The molecule has 0 bridgehead atoms. The monoisotopic (exact) mass is 142 g/mol. The van der Waals surface area contributed by atoms with Crippen LogP contribution in [0.25, 0.3) is 0 Å². The highest BCUT2D eigenvalue weighted by atomic mass is 16.4. The smallest absolute Gasteiger partial charge is 0.303 e. The standard InChI is InChI=1S/C8H14O2/c1-6(2)8(3-4-8)5-7(9)10/h6H,3-5H2,1-2H3,(H,9,10). The SMILES string of the molecule is CC(C)C1(CC(=O)O)CC1. The van der Waals surface area contributed by atoms with Gasteiger partial charge in [0.25, 0.3) is 0 Å². The van der Waals surface area contributed by atoms with Crippen molar-refractivity contribution >= 4 is 5.97 Å². The summed E-state index contributed by atoms with van der Waals surface area (Å²) in [5, 5.41) is 8.54. The van der Waals surface area contributed by atoms with Crippen molar-refractivity contribution in [2.75, 3.05) is 0 Å². The van der Waals surface area contributed by atoms with Crippen molar-refractivity contribution in [2.24, 2.45) is 11.3 Å². The Hall–Kier alpha value is -0.530. The van der Waals surface area contributed by atoms with Gasteiger partial charge in [0.2, 0.25) is 0 Å². The van der Waals surface area contributed by atoms with E-state index >= 15 is 0 Å². The molecule has 0 spiro atoms. The minimum Gasteiger partial charge on any atom is -0.481 e. The van der Waals surface area contributed by atoms with Gasteiger partial charge in [-0.05, 0) is 24.2 Å². The highest BCUT2D eigenvalue weighted by Crippen LogP contribution is 2.54. The summed E-state index contributed by atoms with van der Waals surface area (Å²) < 4.78 is 0. The van der Waals surface area contributed by atoms with Crippen molar-refractivity contribution in [1.29, 1.82) is 0 Å². The first-order valence-electron chi connectivity index (χ1n) is 3.79. The lowest BCUT2D eigenvalue weighted by Gasteiger charge is -2.15. The van der Waals surface area contributed by atoms with Gasteiger partial charge in [0, 0.05) is 0 Å². The van der Waals surface area contributed by atoms with Crippen LogP contribution in [0.2, 0.25) is 0 Å². The van der Waals surface area contributed by atoms with Crippen LogP contribution in [0.3, 0.4) is 0 Å². The Labute approximate surface area is 61.2 Å². The van der Waals surface area contributed by atoms with Crippen LogP contribution in [0, 0.1) is 11.3 Å². The molecule has 2 heteroatoms. The second-order valence-corrected chi connectivity index (χ2v) is 3.59. The topological polar surface area (TPSA) is 37.3 Å². The molecule has 1 rings (SSSR count). The van der Waals surface area contributed by atoms with Crippen molar-refractivity contribution in [3.63, 3.8) is 0 Å². The van der Waals surface area contributed by atoms with E-state index in [0.29, 0.717) is 12.3 Å². The number of carbonyl (C=O) groups is 1. The van der Waals surface area contributed by atoms with E-state index in [1.165, 1.54) is 0 Å². The van der Waals surface area contributed by atoms with Crippen LogP contribution in [-0.2, 0) is 4.79 Å². The summed E-state index contributed by atoms with van der Waals surface area (Å²) in [6.07, 6.45) is 2.58. The summed E-state index contributed by atoms with van der Waals surface area (Å²) in [6.45, 7) is 4.21. The molecule has 1 fully saturated rings. The average Bonchev–Trinajstić information content (AvgIpc) is 2.46. The Morgan fingerprint density at radius 3 is 2.20 bits per heavy atom. The third kappa shape index (κ3) is 1.31. The van der Waals surface area contributed by atoms with E-state index in [0.717, 1.165) is 12.8 Å². The average molecular weight is 142 g/mol. The van der Waals surface area contributed by atoms with Crippen molar-refractivity contribution in [2.45, 2.75) is 33.1 Å². The van der Waals surface area contributed by atoms with Crippen LogP contribution < -0.4 is 0 Å². The van der Waals surface area contributed by atoms with Gasteiger partial charge in [-0.15, -0.1) is 0 Å². The van der Waals surface area contributed by atoms with Crippen LogP contribution in [0.5, 0.6) is 0 Å². The maximum Gasteiger partial charge on any atom is 0.303 e. The molecule has 10 heavy (non-hydrogen) atoms. The number of hydrogen-bond donors (Lipinski definition) is 1. The molecule has 1 saturated carbocycles. The van der Waals surface area contributed by atoms with Crippen LogP contribution >= 0.6 is 0 Å². The third-order valence-corrected chi connectivity index (χ3v) is 2.62. The summed E-state index contributed by atoms with van der Waals surface area (Å²) in [5.41, 5.74) is 0.172. The van der Waals surface area contributed by atoms with Crippen molar-refractivity contribution < 1.29 is 9.90 Å². The third-order valence-electron chi connectivity index (χ3n) is 2.62. The molecule has 1 aliphatic carbocycles. The molecule has 0 aromatic heterocycles. The van der Waals surface area contributed by atoms with Crippen molar-refractivity contribution in [3.8, 4) is 0 Å². The van der Waals surface area contributed by atoms with Crippen LogP contribution in [0.15, 0.2) is 0 Å². The summed E-state index contributed by atoms with van der Waals surface area (Å²) in [7, 11) is 0. The predicted octanol–water partition coefficient (Wildman–Crippen LogP) is 1.90. The number of aliphatic carboxylic acids is 1. The van der Waals surface area contributed by atoms with Gasteiger partial charge in [-0.2, -0.15) is 0 Å². The lowest BCUT2D eigenvalue weighted by Crippen LogP contribution is -2.14. The molecule has 0 aliphatic heterocycles. The van der Waals surface area contributed by atoms with Gasteiger partial charge in [-0.25, -0.2) is 0 Å². The molecule has 0 radical (unpaired) electrons. The quantitative estimate of drug-likeness (QED) is 0.653. The van der Waals surface area contributed by atoms with Gasteiger partial charge in [-0.3, -0.25) is 4.79 Å².